The molecule has 7 heteroatoms. The fraction of sp³-hybridized carbons (Fsp3) is 0. The summed E-state index contributed by atoms with van der Waals surface area (Å²) in [5.74, 6) is -0.00809. The molecule has 7 nitrogen and oxygen atoms in total. The van der Waals surface area contributed by atoms with E-state index in [1.807, 2.05) is 0 Å². The number of phenols is 1. The smallest absolute Gasteiger partial charge is 0.347 e. The summed E-state index contributed by atoms with van der Waals surface area (Å²) in [4.78, 5) is 22.2. The number of phenolic OH excluding ortho intramolecular Hbond substituents is 1. The van der Waals surface area contributed by atoms with E-state index in [0.29, 0.717) is 11.5 Å². The predicted molar refractivity (Wildman–Crippen MR) is 92.7 cm³/mol. The molecule has 26 heavy (non-hydrogen) atoms. The first-order valence-corrected chi connectivity index (χ1v) is 7.55. The van der Waals surface area contributed by atoms with Crippen molar-refractivity contribution in [3.05, 3.63) is 88.5 Å². The number of nitro groups is 1. The number of aromatic hydroxyl groups is 1. The highest BCUT2D eigenvalue weighted by atomic mass is 16.6. The third-order valence-corrected chi connectivity index (χ3v) is 3.43. The molecule has 0 atom stereocenters. The highest BCUT2D eigenvalue weighted by Gasteiger charge is 2.15. The van der Waals surface area contributed by atoms with Crippen molar-refractivity contribution in [1.29, 1.82) is 0 Å². The lowest BCUT2D eigenvalue weighted by Gasteiger charge is -2.09. The predicted octanol–water partition coefficient (Wildman–Crippen LogP) is 4.31. The molecule has 0 aliphatic heterocycles. The molecule has 0 fully saturated rings. The number of rotatable bonds is 5. The number of nitrogens with zero attached hydrogens (tertiary/aromatic N) is 1. The van der Waals surface area contributed by atoms with E-state index < -0.39 is 10.9 Å². The van der Waals surface area contributed by atoms with Gasteiger partial charge in [0.25, 0.3) is 5.69 Å². The van der Waals surface area contributed by atoms with E-state index in [9.17, 15) is 20.0 Å². The summed E-state index contributed by atoms with van der Waals surface area (Å²) in [6, 6.07) is 18.1. The van der Waals surface area contributed by atoms with Gasteiger partial charge in [0.2, 0.25) is 0 Å². The molecule has 1 N–H and O–H groups in total. The molecule has 0 aromatic heterocycles. The summed E-state index contributed by atoms with van der Waals surface area (Å²) >= 11 is 0. The second-order valence-electron chi connectivity index (χ2n) is 5.23. The van der Waals surface area contributed by atoms with Gasteiger partial charge in [-0.3, -0.25) is 10.1 Å². The molecule has 0 saturated heterocycles. The van der Waals surface area contributed by atoms with Gasteiger partial charge in [-0.15, -0.1) is 0 Å². The lowest BCUT2D eigenvalue weighted by atomic mass is 10.2. The zero-order valence-electron chi connectivity index (χ0n) is 13.4. The number of ether oxygens (including phenoxy) is 2. The van der Waals surface area contributed by atoms with Crippen LogP contribution in [-0.2, 0) is 0 Å². The number of carbonyl (C=O) groups excluding carboxylic acids is 1. The van der Waals surface area contributed by atoms with Crippen molar-refractivity contribution in [2.24, 2.45) is 0 Å². The van der Waals surface area contributed by atoms with Gasteiger partial charge in [-0.25, -0.2) is 4.79 Å². The quantitative estimate of drug-likeness (QED) is 0.318. The second kappa shape index (κ2) is 7.35. The summed E-state index contributed by atoms with van der Waals surface area (Å²) in [6.07, 6.45) is 0. The number of benzene rings is 3. The summed E-state index contributed by atoms with van der Waals surface area (Å²) in [6.45, 7) is 0. The van der Waals surface area contributed by atoms with Crippen LogP contribution in [0.1, 0.15) is 10.4 Å². The third-order valence-electron chi connectivity index (χ3n) is 3.43. The monoisotopic (exact) mass is 351 g/mol. The van der Waals surface area contributed by atoms with E-state index in [-0.39, 0.29) is 22.7 Å². The lowest BCUT2D eigenvalue weighted by Crippen LogP contribution is -2.08. The van der Waals surface area contributed by atoms with E-state index in [1.54, 1.807) is 30.3 Å². The van der Waals surface area contributed by atoms with E-state index >= 15 is 0 Å². The second-order valence-corrected chi connectivity index (χ2v) is 5.23. The Hall–Kier alpha value is -3.87. The van der Waals surface area contributed by atoms with Crippen LogP contribution >= 0.6 is 0 Å². The van der Waals surface area contributed by atoms with Crippen LogP contribution in [0.3, 0.4) is 0 Å². The van der Waals surface area contributed by atoms with Crippen LogP contribution < -0.4 is 9.47 Å². The van der Waals surface area contributed by atoms with Crippen LogP contribution in [0.25, 0.3) is 0 Å². The highest BCUT2D eigenvalue weighted by Crippen LogP contribution is 2.29. The number of hydrogen-bond acceptors (Lipinski definition) is 6. The number of hydrogen-bond donors (Lipinski definition) is 1. The van der Waals surface area contributed by atoms with Gasteiger partial charge < -0.3 is 14.6 Å². The summed E-state index contributed by atoms with van der Waals surface area (Å²) < 4.78 is 10.7. The molecule has 130 valence electrons. The first-order valence-electron chi connectivity index (χ1n) is 7.55. The molecule has 0 unspecified atom stereocenters. The van der Waals surface area contributed by atoms with E-state index in [1.165, 1.54) is 42.5 Å². The largest absolute Gasteiger partial charge is 0.507 e. The normalized spacial score (nSPS) is 10.2. The Labute approximate surface area is 148 Å². The maximum atomic E-state index is 12.1. The van der Waals surface area contributed by atoms with Gasteiger partial charge in [-0.05, 0) is 36.4 Å². The zero-order chi connectivity index (χ0) is 18.5. The van der Waals surface area contributed by atoms with Gasteiger partial charge in [-0.1, -0.05) is 18.2 Å². The summed E-state index contributed by atoms with van der Waals surface area (Å²) in [5.41, 5.74) is -0.0656. The molecule has 0 amide bonds. The Morgan fingerprint density at radius 1 is 0.885 bits per heavy atom. The average Bonchev–Trinajstić information content (AvgIpc) is 2.63. The fourth-order valence-corrected chi connectivity index (χ4v) is 2.17. The van der Waals surface area contributed by atoms with Crippen molar-refractivity contribution in [3.63, 3.8) is 0 Å². The van der Waals surface area contributed by atoms with Crippen molar-refractivity contribution >= 4 is 11.7 Å². The van der Waals surface area contributed by atoms with E-state index in [4.69, 9.17) is 9.47 Å². The van der Waals surface area contributed by atoms with Crippen molar-refractivity contribution in [2.75, 3.05) is 0 Å². The first kappa shape index (κ1) is 17.0. The molecule has 3 rings (SSSR count). The molecular formula is C19H13NO6. The van der Waals surface area contributed by atoms with Gasteiger partial charge >= 0.3 is 5.97 Å². The van der Waals surface area contributed by atoms with Gasteiger partial charge in [0.05, 0.1) is 4.92 Å². The minimum atomic E-state index is -0.699. The third kappa shape index (κ3) is 3.96. The minimum absolute atomic E-state index is 0.00935. The molecule has 0 aliphatic rings. The number of para-hydroxylation sites is 1. The molecule has 0 radical (unpaired) electrons. The Morgan fingerprint density at radius 2 is 1.54 bits per heavy atom. The van der Waals surface area contributed by atoms with Crippen molar-refractivity contribution in [1.82, 2.24) is 0 Å². The molecule has 0 heterocycles. The van der Waals surface area contributed by atoms with E-state index in [0.717, 1.165) is 0 Å². The molecular weight excluding hydrogens is 338 g/mol. The van der Waals surface area contributed by atoms with Crippen molar-refractivity contribution < 1.29 is 24.3 Å². The molecule has 3 aromatic rings. The number of carbonyl (C=O) groups is 1. The highest BCUT2D eigenvalue weighted by molar-refractivity contribution is 5.94. The Morgan fingerprint density at radius 3 is 2.15 bits per heavy atom. The molecule has 0 bridgehead atoms. The lowest BCUT2D eigenvalue weighted by molar-refractivity contribution is -0.384. The Balaban J connectivity index is 1.72. The van der Waals surface area contributed by atoms with Crippen LogP contribution in [0, 0.1) is 10.1 Å². The maximum absolute atomic E-state index is 12.1. The average molecular weight is 351 g/mol. The van der Waals surface area contributed by atoms with Crippen LogP contribution in [0.2, 0.25) is 0 Å². The first-order chi connectivity index (χ1) is 12.5. The standard InChI is InChI=1S/C19H13NO6/c21-18-12-16(25-15-8-6-13(7-9-15)20(23)24)10-11-17(18)19(22)26-14-4-2-1-3-5-14/h1-12,21H. The van der Waals surface area contributed by atoms with Crippen molar-refractivity contribution in [2.45, 2.75) is 0 Å². The summed E-state index contributed by atoms with van der Waals surface area (Å²) in [5, 5.41) is 20.7. The fourth-order valence-electron chi connectivity index (χ4n) is 2.17. The van der Waals surface area contributed by atoms with Gasteiger partial charge in [0.1, 0.15) is 28.6 Å². The number of nitro benzene ring substituents is 1. The Kier molecular flexibility index (Phi) is 4.80. The Bertz CT molecular complexity index is 938. The van der Waals surface area contributed by atoms with E-state index in [2.05, 4.69) is 0 Å². The van der Waals surface area contributed by atoms with Crippen LogP contribution in [0.5, 0.6) is 23.0 Å². The van der Waals surface area contributed by atoms with Crippen molar-refractivity contribution in [3.8, 4) is 23.0 Å². The van der Waals surface area contributed by atoms with Gasteiger partial charge in [-0.2, -0.15) is 0 Å². The van der Waals surface area contributed by atoms with Crippen LogP contribution in [0.4, 0.5) is 5.69 Å². The number of esters is 1. The SMILES string of the molecule is O=C(Oc1ccccc1)c1ccc(Oc2ccc([N+](=O)[O-])cc2)cc1O. The number of non-ortho nitro benzene ring substituents is 1. The molecule has 3 aromatic carbocycles. The van der Waals surface area contributed by atoms with Gasteiger partial charge in [0, 0.05) is 18.2 Å². The van der Waals surface area contributed by atoms with Gasteiger partial charge in [0.15, 0.2) is 0 Å². The molecule has 0 spiro atoms. The minimum Gasteiger partial charge on any atom is -0.507 e. The van der Waals surface area contributed by atoms with Crippen LogP contribution in [-0.4, -0.2) is 16.0 Å². The topological polar surface area (TPSA) is 98.9 Å². The molecule has 0 aliphatic carbocycles. The molecule has 0 saturated carbocycles. The van der Waals surface area contributed by atoms with Crippen LogP contribution in [0.15, 0.2) is 72.8 Å². The maximum Gasteiger partial charge on any atom is 0.347 e. The zero-order valence-corrected chi connectivity index (χ0v) is 13.4. The summed E-state index contributed by atoms with van der Waals surface area (Å²) in [7, 11) is 0.